The third-order valence-corrected chi connectivity index (χ3v) is 5.69. The molecule has 0 spiro atoms. The fraction of sp³-hybridized carbons (Fsp3) is 0.455. The van der Waals surface area contributed by atoms with Gasteiger partial charge in [0.15, 0.2) is 0 Å². The number of hydrogen-bond donors (Lipinski definition) is 0. The first kappa shape index (κ1) is 12.9. The highest BCUT2D eigenvalue weighted by atomic mass is 32.2. The van der Waals surface area contributed by atoms with Crippen molar-refractivity contribution in [1.82, 2.24) is 4.31 Å². The lowest BCUT2D eigenvalue weighted by Crippen LogP contribution is -2.41. The lowest BCUT2D eigenvalue weighted by Gasteiger charge is -2.29. The minimum atomic E-state index is -3.68. The van der Waals surface area contributed by atoms with E-state index in [-0.39, 0.29) is 10.1 Å². The Kier molecular flexibility index (Phi) is 3.75. The predicted molar refractivity (Wildman–Crippen MR) is 67.1 cm³/mol. The highest BCUT2D eigenvalue weighted by Gasteiger charge is 2.30. The third kappa shape index (κ3) is 2.64. The Hall–Kier alpha value is -0.590. The summed E-state index contributed by atoms with van der Waals surface area (Å²) < 4.78 is 39.4. The number of nitrogens with zero attached hydrogens (tertiary/aromatic N) is 1. The maximum absolute atomic E-state index is 13.5. The largest absolute Gasteiger partial charge is 0.246 e. The minimum Gasteiger partial charge on any atom is -0.207 e. The van der Waals surface area contributed by atoms with E-state index < -0.39 is 15.8 Å². The van der Waals surface area contributed by atoms with E-state index in [0.29, 0.717) is 13.1 Å². The first-order valence-electron chi connectivity index (χ1n) is 5.38. The smallest absolute Gasteiger partial charge is 0.207 e. The Morgan fingerprint density at radius 3 is 2.76 bits per heavy atom. The number of rotatable bonds is 2. The van der Waals surface area contributed by atoms with Gasteiger partial charge in [0.2, 0.25) is 10.0 Å². The molecule has 0 aliphatic carbocycles. The van der Waals surface area contributed by atoms with Crippen molar-refractivity contribution < 1.29 is 12.8 Å². The van der Waals surface area contributed by atoms with Crippen LogP contribution in [0.4, 0.5) is 4.39 Å². The molecule has 0 amide bonds. The van der Waals surface area contributed by atoms with E-state index in [1.807, 2.05) is 6.92 Å². The second-order valence-electron chi connectivity index (χ2n) is 3.97. The van der Waals surface area contributed by atoms with Crippen molar-refractivity contribution in [2.75, 3.05) is 18.8 Å². The van der Waals surface area contributed by atoms with E-state index in [9.17, 15) is 12.8 Å². The minimum absolute atomic E-state index is 0.223. The summed E-state index contributed by atoms with van der Waals surface area (Å²) in [6.45, 7) is 2.88. The van der Waals surface area contributed by atoms with Gasteiger partial charge in [-0.2, -0.15) is 16.1 Å². The van der Waals surface area contributed by atoms with Crippen molar-refractivity contribution in [3.8, 4) is 0 Å². The molecule has 1 aliphatic rings. The zero-order chi connectivity index (χ0) is 12.5. The van der Waals surface area contributed by atoms with E-state index in [1.165, 1.54) is 28.6 Å². The Morgan fingerprint density at radius 2 is 2.12 bits per heavy atom. The second kappa shape index (κ2) is 4.96. The van der Waals surface area contributed by atoms with Crippen LogP contribution in [0.5, 0.6) is 0 Å². The van der Waals surface area contributed by atoms with Crippen LogP contribution in [-0.4, -0.2) is 36.8 Å². The maximum Gasteiger partial charge on any atom is 0.246 e. The Morgan fingerprint density at radius 1 is 1.41 bits per heavy atom. The van der Waals surface area contributed by atoms with Gasteiger partial charge in [0.1, 0.15) is 10.7 Å². The number of benzene rings is 1. The van der Waals surface area contributed by atoms with E-state index in [0.717, 1.165) is 5.75 Å². The van der Waals surface area contributed by atoms with Crippen LogP contribution in [0.15, 0.2) is 29.2 Å². The molecule has 2 rings (SSSR count). The number of sulfonamides is 1. The fourth-order valence-electron chi connectivity index (χ4n) is 1.80. The van der Waals surface area contributed by atoms with Crippen molar-refractivity contribution in [3.63, 3.8) is 0 Å². The van der Waals surface area contributed by atoms with E-state index in [4.69, 9.17) is 0 Å². The van der Waals surface area contributed by atoms with Gasteiger partial charge in [0, 0.05) is 24.1 Å². The molecular formula is C11H14FNO2S2. The van der Waals surface area contributed by atoms with Crippen molar-refractivity contribution in [2.24, 2.45) is 0 Å². The van der Waals surface area contributed by atoms with Gasteiger partial charge in [0.05, 0.1) is 0 Å². The first-order chi connectivity index (χ1) is 8.01. The molecule has 0 bridgehead atoms. The van der Waals surface area contributed by atoms with Crippen LogP contribution in [-0.2, 0) is 10.0 Å². The van der Waals surface area contributed by atoms with Crippen LogP contribution in [0.2, 0.25) is 0 Å². The lowest BCUT2D eigenvalue weighted by atomic mass is 10.3. The molecule has 0 radical (unpaired) electrons. The Balaban J connectivity index is 2.33. The number of hydrogen-bond acceptors (Lipinski definition) is 3. The average molecular weight is 275 g/mol. The van der Waals surface area contributed by atoms with Gasteiger partial charge in [0.25, 0.3) is 0 Å². The van der Waals surface area contributed by atoms with Crippen LogP contribution in [0.1, 0.15) is 6.92 Å². The SMILES string of the molecule is CC1CN(S(=O)(=O)c2ccccc2F)CCS1. The topological polar surface area (TPSA) is 37.4 Å². The summed E-state index contributed by atoms with van der Waals surface area (Å²) in [5.41, 5.74) is 0. The fourth-order valence-corrected chi connectivity index (χ4v) is 4.62. The van der Waals surface area contributed by atoms with Gasteiger partial charge in [-0.15, -0.1) is 0 Å². The lowest BCUT2D eigenvalue weighted by molar-refractivity contribution is 0.420. The summed E-state index contributed by atoms with van der Waals surface area (Å²) in [4.78, 5) is -0.223. The highest BCUT2D eigenvalue weighted by molar-refractivity contribution is 8.00. The predicted octanol–water partition coefficient (Wildman–Crippen LogP) is 1.95. The van der Waals surface area contributed by atoms with Crippen molar-refractivity contribution in [2.45, 2.75) is 17.1 Å². The van der Waals surface area contributed by atoms with E-state index in [2.05, 4.69) is 0 Å². The molecule has 0 N–H and O–H groups in total. The molecule has 1 heterocycles. The maximum atomic E-state index is 13.5. The standard InChI is InChI=1S/C11H14FNO2S2/c1-9-8-13(6-7-16-9)17(14,15)11-5-3-2-4-10(11)12/h2-5,9H,6-8H2,1H3. The van der Waals surface area contributed by atoms with Gasteiger partial charge in [-0.1, -0.05) is 19.1 Å². The van der Waals surface area contributed by atoms with Crippen molar-refractivity contribution in [3.05, 3.63) is 30.1 Å². The Bertz CT molecular complexity index is 504. The van der Waals surface area contributed by atoms with E-state index in [1.54, 1.807) is 11.8 Å². The molecule has 3 nitrogen and oxygen atoms in total. The zero-order valence-electron chi connectivity index (χ0n) is 9.47. The molecule has 1 aromatic rings. The molecule has 1 atom stereocenters. The highest BCUT2D eigenvalue weighted by Crippen LogP contribution is 2.25. The zero-order valence-corrected chi connectivity index (χ0v) is 11.1. The molecule has 1 fully saturated rings. The Labute approximate surface area is 105 Å². The molecule has 94 valence electrons. The summed E-state index contributed by atoms with van der Waals surface area (Å²) in [6.07, 6.45) is 0. The molecule has 1 saturated heterocycles. The second-order valence-corrected chi connectivity index (χ2v) is 7.43. The molecule has 6 heteroatoms. The molecule has 1 unspecified atom stereocenters. The monoisotopic (exact) mass is 275 g/mol. The molecule has 1 aromatic carbocycles. The van der Waals surface area contributed by atoms with Crippen LogP contribution < -0.4 is 0 Å². The van der Waals surface area contributed by atoms with E-state index >= 15 is 0 Å². The van der Waals surface area contributed by atoms with Gasteiger partial charge >= 0.3 is 0 Å². The quantitative estimate of drug-likeness (QED) is 0.828. The van der Waals surface area contributed by atoms with Gasteiger partial charge in [-0.3, -0.25) is 0 Å². The van der Waals surface area contributed by atoms with Gasteiger partial charge in [-0.25, -0.2) is 12.8 Å². The number of thioether (sulfide) groups is 1. The van der Waals surface area contributed by atoms with Crippen LogP contribution in [0.3, 0.4) is 0 Å². The average Bonchev–Trinajstić information content (AvgIpc) is 2.29. The molecule has 1 aliphatic heterocycles. The molecule has 17 heavy (non-hydrogen) atoms. The summed E-state index contributed by atoms with van der Waals surface area (Å²) in [7, 11) is -3.68. The third-order valence-electron chi connectivity index (χ3n) is 2.66. The van der Waals surface area contributed by atoms with Crippen molar-refractivity contribution in [1.29, 1.82) is 0 Å². The summed E-state index contributed by atoms with van der Waals surface area (Å²) in [5.74, 6) is 0.0767. The summed E-state index contributed by atoms with van der Waals surface area (Å²) in [5, 5.41) is 0.255. The van der Waals surface area contributed by atoms with Crippen LogP contribution >= 0.6 is 11.8 Å². The van der Waals surface area contributed by atoms with Crippen LogP contribution in [0, 0.1) is 5.82 Å². The summed E-state index contributed by atoms with van der Waals surface area (Å²) in [6, 6.07) is 5.52. The van der Waals surface area contributed by atoms with Crippen molar-refractivity contribution >= 4 is 21.8 Å². The number of halogens is 1. The van der Waals surface area contributed by atoms with Gasteiger partial charge in [-0.05, 0) is 12.1 Å². The molecule has 0 aromatic heterocycles. The van der Waals surface area contributed by atoms with Crippen LogP contribution in [0.25, 0.3) is 0 Å². The van der Waals surface area contributed by atoms with Gasteiger partial charge < -0.3 is 0 Å². The normalized spacial score (nSPS) is 22.6. The molecule has 0 saturated carbocycles. The summed E-state index contributed by atoms with van der Waals surface area (Å²) >= 11 is 1.74. The molecular weight excluding hydrogens is 261 g/mol. The first-order valence-corrected chi connectivity index (χ1v) is 7.87.